The number of aromatic nitrogens is 2. The highest BCUT2D eigenvalue weighted by atomic mass is 32.1. The maximum Gasteiger partial charge on any atom is 0.268 e. The lowest BCUT2D eigenvalue weighted by Gasteiger charge is -2.12. The molecule has 0 atom stereocenters. The summed E-state index contributed by atoms with van der Waals surface area (Å²) in [5, 5.41) is 4.81. The van der Waals surface area contributed by atoms with Gasteiger partial charge in [0.1, 0.15) is 12.4 Å². The van der Waals surface area contributed by atoms with Crippen molar-refractivity contribution in [2.45, 2.75) is 13.5 Å². The Kier molecular flexibility index (Phi) is 4.89. The van der Waals surface area contributed by atoms with Crippen molar-refractivity contribution in [2.24, 2.45) is 0 Å². The topological polar surface area (TPSA) is 56.1 Å². The van der Waals surface area contributed by atoms with Crippen LogP contribution < -0.4 is 10.1 Å². The Morgan fingerprint density at radius 1 is 1.11 bits per heavy atom. The number of nitrogens with zero attached hydrogens (tertiary/aromatic N) is 2. The van der Waals surface area contributed by atoms with Gasteiger partial charge in [0.15, 0.2) is 0 Å². The van der Waals surface area contributed by atoms with Gasteiger partial charge in [-0.15, -0.1) is 11.3 Å². The average Bonchev–Trinajstić information content (AvgIpc) is 3.32. The number of aryl methyl sites for hydroxylation is 1. The predicted molar refractivity (Wildman–Crippen MR) is 109 cm³/mol. The van der Waals surface area contributed by atoms with Gasteiger partial charge in [0.2, 0.25) is 5.95 Å². The van der Waals surface area contributed by atoms with E-state index in [1.54, 1.807) is 6.07 Å². The summed E-state index contributed by atoms with van der Waals surface area (Å²) in [7, 11) is 0. The van der Waals surface area contributed by atoms with E-state index in [2.05, 4.69) is 10.3 Å². The molecule has 0 bridgehead atoms. The summed E-state index contributed by atoms with van der Waals surface area (Å²) < 4.78 is 7.92. The van der Waals surface area contributed by atoms with Gasteiger partial charge in [0, 0.05) is 0 Å². The lowest BCUT2D eigenvalue weighted by Crippen LogP contribution is -2.17. The van der Waals surface area contributed by atoms with Crippen LogP contribution in [-0.4, -0.2) is 22.1 Å². The number of carbonyl (C=O) groups excluding carboxylic acids is 1. The van der Waals surface area contributed by atoms with Gasteiger partial charge in [-0.1, -0.05) is 36.4 Å². The molecule has 0 fully saturated rings. The molecule has 5 nitrogen and oxygen atoms in total. The Morgan fingerprint density at radius 2 is 1.93 bits per heavy atom. The maximum absolute atomic E-state index is 12.5. The van der Waals surface area contributed by atoms with E-state index < -0.39 is 0 Å². The fourth-order valence-electron chi connectivity index (χ4n) is 2.93. The zero-order valence-electron chi connectivity index (χ0n) is 14.9. The van der Waals surface area contributed by atoms with Gasteiger partial charge >= 0.3 is 0 Å². The summed E-state index contributed by atoms with van der Waals surface area (Å²) in [5.41, 5.74) is 2.90. The first-order valence-corrected chi connectivity index (χ1v) is 9.59. The van der Waals surface area contributed by atoms with Gasteiger partial charge in [0.05, 0.1) is 22.5 Å². The molecule has 0 aliphatic heterocycles. The van der Waals surface area contributed by atoms with Gasteiger partial charge in [0.25, 0.3) is 5.91 Å². The SMILES string of the molecule is Cc1ccccc1OCCn1c(NC(=O)c2cccs2)nc2ccccc21. The van der Waals surface area contributed by atoms with Gasteiger partial charge in [-0.2, -0.15) is 0 Å². The fourth-order valence-corrected chi connectivity index (χ4v) is 3.55. The van der Waals surface area contributed by atoms with Crippen LogP contribution in [0.2, 0.25) is 0 Å². The zero-order valence-corrected chi connectivity index (χ0v) is 15.7. The van der Waals surface area contributed by atoms with Crippen LogP contribution in [0.4, 0.5) is 5.95 Å². The number of ether oxygens (including phenoxy) is 1. The third-order valence-corrected chi connectivity index (χ3v) is 5.16. The number of rotatable bonds is 6. The number of carbonyl (C=O) groups is 1. The number of nitrogens with one attached hydrogen (secondary N) is 1. The van der Waals surface area contributed by atoms with Gasteiger partial charge in [-0.3, -0.25) is 10.1 Å². The number of amides is 1. The van der Waals surface area contributed by atoms with E-state index in [4.69, 9.17) is 4.74 Å². The Hall–Kier alpha value is -3.12. The van der Waals surface area contributed by atoms with E-state index in [9.17, 15) is 4.79 Å². The van der Waals surface area contributed by atoms with Crippen molar-refractivity contribution in [1.29, 1.82) is 0 Å². The summed E-state index contributed by atoms with van der Waals surface area (Å²) in [6, 6.07) is 19.4. The molecule has 4 rings (SSSR count). The molecule has 0 aliphatic rings. The molecule has 2 heterocycles. The second-order valence-electron chi connectivity index (χ2n) is 6.12. The zero-order chi connectivity index (χ0) is 18.6. The standard InChI is InChI=1S/C21H19N3O2S/c1-15-7-2-5-10-18(15)26-13-12-24-17-9-4-3-8-16(17)22-21(24)23-20(25)19-11-6-14-27-19/h2-11,14H,12-13H2,1H3,(H,22,23,25). The molecule has 2 aromatic heterocycles. The molecule has 136 valence electrons. The number of imidazole rings is 1. The van der Waals surface area contributed by atoms with Crippen LogP contribution >= 0.6 is 11.3 Å². The summed E-state index contributed by atoms with van der Waals surface area (Å²) in [6.45, 7) is 3.08. The minimum atomic E-state index is -0.152. The number of benzene rings is 2. The highest BCUT2D eigenvalue weighted by Gasteiger charge is 2.15. The highest BCUT2D eigenvalue weighted by Crippen LogP contribution is 2.22. The Balaban J connectivity index is 1.56. The van der Waals surface area contributed by atoms with E-state index in [1.165, 1.54) is 11.3 Å². The minimum absolute atomic E-state index is 0.152. The maximum atomic E-state index is 12.5. The number of thiophene rings is 1. The first-order valence-electron chi connectivity index (χ1n) is 8.71. The molecule has 6 heteroatoms. The molecule has 0 aliphatic carbocycles. The molecule has 0 radical (unpaired) electrons. The van der Waals surface area contributed by atoms with Gasteiger partial charge < -0.3 is 9.30 Å². The number of anilines is 1. The number of hydrogen-bond acceptors (Lipinski definition) is 4. The van der Waals surface area contributed by atoms with Crippen LogP contribution in [0.25, 0.3) is 11.0 Å². The van der Waals surface area contributed by atoms with Crippen LogP contribution in [-0.2, 0) is 6.54 Å². The van der Waals surface area contributed by atoms with Gasteiger partial charge in [-0.25, -0.2) is 4.98 Å². The van der Waals surface area contributed by atoms with Crippen LogP contribution in [0.15, 0.2) is 66.0 Å². The van der Waals surface area contributed by atoms with E-state index in [-0.39, 0.29) is 5.91 Å². The molecule has 1 amide bonds. The molecular formula is C21H19N3O2S. The smallest absolute Gasteiger partial charge is 0.268 e. The molecule has 0 saturated heterocycles. The molecule has 0 saturated carbocycles. The first-order chi connectivity index (χ1) is 13.2. The summed E-state index contributed by atoms with van der Waals surface area (Å²) in [5.74, 6) is 1.25. The van der Waals surface area contributed by atoms with E-state index >= 15 is 0 Å². The van der Waals surface area contributed by atoms with Gasteiger partial charge in [-0.05, 0) is 42.1 Å². The molecule has 0 spiro atoms. The number of hydrogen-bond donors (Lipinski definition) is 1. The molecule has 27 heavy (non-hydrogen) atoms. The summed E-state index contributed by atoms with van der Waals surface area (Å²) >= 11 is 1.41. The number of fused-ring (bicyclic) bond motifs is 1. The average molecular weight is 377 g/mol. The fraction of sp³-hybridized carbons (Fsp3) is 0.143. The largest absolute Gasteiger partial charge is 0.491 e. The highest BCUT2D eigenvalue weighted by molar-refractivity contribution is 7.12. The Labute approximate surface area is 161 Å². The third-order valence-electron chi connectivity index (χ3n) is 4.29. The van der Waals surface area contributed by atoms with Crippen LogP contribution in [0.1, 0.15) is 15.2 Å². The monoisotopic (exact) mass is 377 g/mol. The summed E-state index contributed by atoms with van der Waals surface area (Å²) in [6.07, 6.45) is 0. The molecule has 1 N–H and O–H groups in total. The lowest BCUT2D eigenvalue weighted by molar-refractivity contribution is 0.102. The molecule has 0 unspecified atom stereocenters. The third kappa shape index (κ3) is 3.71. The van der Waals surface area contributed by atoms with Crippen molar-refractivity contribution in [3.8, 4) is 5.75 Å². The second kappa shape index (κ2) is 7.63. The molecule has 4 aromatic rings. The quantitative estimate of drug-likeness (QED) is 0.528. The molecular weight excluding hydrogens is 358 g/mol. The van der Waals surface area contributed by atoms with Crippen molar-refractivity contribution >= 4 is 34.2 Å². The van der Waals surface area contributed by atoms with E-state index in [1.807, 2.05) is 71.5 Å². The van der Waals surface area contributed by atoms with E-state index in [0.717, 1.165) is 22.3 Å². The van der Waals surface area contributed by atoms with Crippen molar-refractivity contribution in [3.63, 3.8) is 0 Å². The normalized spacial score (nSPS) is 10.9. The van der Waals surface area contributed by atoms with Crippen molar-refractivity contribution < 1.29 is 9.53 Å². The van der Waals surface area contributed by atoms with Crippen LogP contribution in [0.5, 0.6) is 5.75 Å². The predicted octanol–water partition coefficient (Wildman–Crippen LogP) is 4.74. The van der Waals surface area contributed by atoms with Crippen molar-refractivity contribution in [2.75, 3.05) is 11.9 Å². The summed E-state index contributed by atoms with van der Waals surface area (Å²) in [4.78, 5) is 17.7. The molecule has 2 aromatic carbocycles. The van der Waals surface area contributed by atoms with Crippen LogP contribution in [0.3, 0.4) is 0 Å². The Morgan fingerprint density at radius 3 is 2.74 bits per heavy atom. The van der Waals surface area contributed by atoms with E-state index in [0.29, 0.717) is 24.0 Å². The first kappa shape index (κ1) is 17.3. The lowest BCUT2D eigenvalue weighted by atomic mass is 10.2. The second-order valence-corrected chi connectivity index (χ2v) is 7.07. The van der Waals surface area contributed by atoms with Crippen molar-refractivity contribution in [1.82, 2.24) is 9.55 Å². The minimum Gasteiger partial charge on any atom is -0.491 e. The Bertz CT molecular complexity index is 1070. The number of para-hydroxylation sites is 3. The van der Waals surface area contributed by atoms with Crippen LogP contribution in [0, 0.1) is 6.92 Å². The van der Waals surface area contributed by atoms with Crippen molar-refractivity contribution in [3.05, 3.63) is 76.5 Å².